The maximum atomic E-state index is 13.2. The average Bonchev–Trinajstić information content (AvgIpc) is 3.15. The molecule has 1 aromatic rings. The number of aromatic nitrogens is 2. The Morgan fingerprint density at radius 1 is 1.17 bits per heavy atom. The van der Waals surface area contributed by atoms with Crippen LogP contribution in [0.25, 0.3) is 0 Å². The lowest BCUT2D eigenvalue weighted by molar-refractivity contribution is 0.0848. The molecule has 3 aliphatic rings. The van der Waals surface area contributed by atoms with E-state index in [9.17, 15) is 4.79 Å². The van der Waals surface area contributed by atoms with Gasteiger partial charge in [-0.2, -0.15) is 5.10 Å². The van der Waals surface area contributed by atoms with E-state index in [0.717, 1.165) is 11.8 Å². The van der Waals surface area contributed by atoms with E-state index in [-0.39, 0.29) is 11.9 Å². The van der Waals surface area contributed by atoms with Gasteiger partial charge >= 0.3 is 0 Å². The quantitative estimate of drug-likeness (QED) is 0.667. The molecule has 1 aromatic heterocycles. The van der Waals surface area contributed by atoms with Crippen LogP contribution < -0.4 is 15.8 Å². The van der Waals surface area contributed by atoms with Gasteiger partial charge in [0.1, 0.15) is 5.56 Å². The third kappa shape index (κ3) is 5.19. The van der Waals surface area contributed by atoms with Crippen LogP contribution in [0.15, 0.2) is 6.20 Å². The molecule has 2 bridgehead atoms. The highest BCUT2D eigenvalue weighted by atomic mass is 16.5. The van der Waals surface area contributed by atoms with Crippen molar-refractivity contribution in [3.63, 3.8) is 0 Å². The van der Waals surface area contributed by atoms with E-state index >= 15 is 0 Å². The summed E-state index contributed by atoms with van der Waals surface area (Å²) in [4.78, 5) is 13.2. The Morgan fingerprint density at radius 3 is 2.60 bits per heavy atom. The molecule has 3 N–H and O–H groups in total. The van der Waals surface area contributed by atoms with Gasteiger partial charge in [-0.15, -0.1) is 0 Å². The van der Waals surface area contributed by atoms with E-state index in [4.69, 9.17) is 10.5 Å². The van der Waals surface area contributed by atoms with Crippen LogP contribution >= 0.6 is 0 Å². The van der Waals surface area contributed by atoms with Gasteiger partial charge in [-0.1, -0.05) is 38.5 Å². The van der Waals surface area contributed by atoms with Crippen LogP contribution in [0.1, 0.15) is 87.9 Å². The number of amides is 1. The van der Waals surface area contributed by atoms with Gasteiger partial charge in [0.2, 0.25) is 5.88 Å². The van der Waals surface area contributed by atoms with Crippen LogP contribution in [0, 0.1) is 23.7 Å². The zero-order valence-electron chi connectivity index (χ0n) is 18.7. The minimum absolute atomic E-state index is 0.0554. The predicted molar refractivity (Wildman–Crippen MR) is 118 cm³/mol. The lowest BCUT2D eigenvalue weighted by Crippen LogP contribution is -2.42. The van der Waals surface area contributed by atoms with Crippen molar-refractivity contribution >= 4 is 5.91 Å². The first-order chi connectivity index (χ1) is 14.6. The fourth-order valence-electron chi connectivity index (χ4n) is 6.11. The molecule has 1 amide bonds. The first kappa shape index (κ1) is 21.7. The standard InChI is InChI=1S/C24H40N4O2/c1-17(21-13-19-8-5-9-20(12-19)14-21)27-23(29)22-15-26-28(11-10-25)24(22)30-16-18-6-3-2-4-7-18/h15,17-21H,2-14,16,25H2,1H3,(H,27,29). The molecule has 0 radical (unpaired) electrons. The zero-order chi connectivity index (χ0) is 20.9. The number of rotatable bonds is 8. The monoisotopic (exact) mass is 416 g/mol. The number of hydrogen-bond donors (Lipinski definition) is 2. The number of hydrogen-bond acceptors (Lipinski definition) is 4. The number of nitrogens with zero attached hydrogens (tertiary/aromatic N) is 2. The highest BCUT2D eigenvalue weighted by Crippen LogP contribution is 2.43. The SMILES string of the molecule is CC(NC(=O)c1cnn(CCN)c1OCC1CCCCC1)C1CC2CCCC(C2)C1. The van der Waals surface area contributed by atoms with Crippen molar-refractivity contribution in [3.8, 4) is 5.88 Å². The Labute approximate surface area is 181 Å². The number of nitrogens with two attached hydrogens (primary N) is 1. The van der Waals surface area contributed by atoms with E-state index in [1.54, 1.807) is 10.9 Å². The summed E-state index contributed by atoms with van der Waals surface area (Å²) in [5.74, 6) is 3.43. The Morgan fingerprint density at radius 2 is 1.90 bits per heavy atom. The summed E-state index contributed by atoms with van der Waals surface area (Å²) in [5.41, 5.74) is 6.32. The molecule has 0 saturated heterocycles. The second kappa shape index (κ2) is 10.2. The molecule has 3 aliphatic carbocycles. The Bertz CT molecular complexity index is 685. The van der Waals surface area contributed by atoms with Gasteiger partial charge in [-0.05, 0) is 62.7 Å². The van der Waals surface area contributed by atoms with Crippen molar-refractivity contribution in [1.29, 1.82) is 0 Å². The predicted octanol–water partition coefficient (Wildman–Crippen LogP) is 4.14. The molecule has 30 heavy (non-hydrogen) atoms. The van der Waals surface area contributed by atoms with Crippen molar-refractivity contribution in [1.82, 2.24) is 15.1 Å². The van der Waals surface area contributed by atoms with E-state index in [1.807, 2.05) is 0 Å². The molecule has 6 nitrogen and oxygen atoms in total. The van der Waals surface area contributed by atoms with Gasteiger partial charge in [-0.25, -0.2) is 4.68 Å². The minimum Gasteiger partial charge on any atom is -0.477 e. The van der Waals surface area contributed by atoms with Gasteiger partial charge in [-0.3, -0.25) is 4.79 Å². The second-order valence-electron chi connectivity index (χ2n) is 10.1. The largest absolute Gasteiger partial charge is 0.477 e. The summed E-state index contributed by atoms with van der Waals surface area (Å²) in [6.07, 6.45) is 16.0. The maximum absolute atomic E-state index is 13.2. The lowest BCUT2D eigenvalue weighted by Gasteiger charge is -2.41. The topological polar surface area (TPSA) is 82.2 Å². The van der Waals surface area contributed by atoms with Gasteiger partial charge in [0.15, 0.2) is 0 Å². The van der Waals surface area contributed by atoms with Gasteiger partial charge < -0.3 is 15.8 Å². The third-order valence-electron chi connectivity index (χ3n) is 7.79. The van der Waals surface area contributed by atoms with Crippen LogP contribution in [0.2, 0.25) is 0 Å². The second-order valence-corrected chi connectivity index (χ2v) is 10.1. The summed E-state index contributed by atoms with van der Waals surface area (Å²) in [6.45, 7) is 3.88. The minimum atomic E-state index is -0.0554. The van der Waals surface area contributed by atoms with E-state index in [1.165, 1.54) is 70.6 Å². The van der Waals surface area contributed by atoms with Crippen molar-refractivity contribution in [3.05, 3.63) is 11.8 Å². The van der Waals surface area contributed by atoms with Crippen LogP contribution in [-0.4, -0.2) is 34.9 Å². The van der Waals surface area contributed by atoms with Crippen molar-refractivity contribution in [2.75, 3.05) is 13.2 Å². The number of fused-ring (bicyclic) bond motifs is 2. The van der Waals surface area contributed by atoms with Crippen LogP contribution in [-0.2, 0) is 6.54 Å². The summed E-state index contributed by atoms with van der Waals surface area (Å²) in [6, 6.07) is 0.185. The first-order valence-corrected chi connectivity index (χ1v) is 12.3. The average molecular weight is 417 g/mol. The molecular formula is C24H40N4O2. The number of carbonyl (C=O) groups is 1. The number of carbonyl (C=O) groups excluding carboxylic acids is 1. The summed E-state index contributed by atoms with van der Waals surface area (Å²) < 4.78 is 7.95. The van der Waals surface area contributed by atoms with Crippen molar-refractivity contribution in [2.45, 2.75) is 90.1 Å². The molecule has 0 spiro atoms. The van der Waals surface area contributed by atoms with Crippen molar-refractivity contribution in [2.24, 2.45) is 29.4 Å². The molecule has 3 atom stereocenters. The van der Waals surface area contributed by atoms with Gasteiger partial charge in [0.25, 0.3) is 5.91 Å². The fraction of sp³-hybridized carbons (Fsp3) is 0.833. The molecule has 3 saturated carbocycles. The molecule has 1 heterocycles. The zero-order valence-corrected chi connectivity index (χ0v) is 18.7. The molecule has 168 valence electrons. The lowest BCUT2D eigenvalue weighted by atomic mass is 9.66. The molecule has 3 unspecified atom stereocenters. The third-order valence-corrected chi connectivity index (χ3v) is 7.79. The molecule has 4 rings (SSSR count). The Kier molecular flexibility index (Phi) is 7.34. The van der Waals surface area contributed by atoms with E-state index < -0.39 is 0 Å². The molecule has 0 aromatic carbocycles. The maximum Gasteiger partial charge on any atom is 0.258 e. The number of nitrogens with one attached hydrogen (secondary N) is 1. The van der Waals surface area contributed by atoms with Crippen LogP contribution in [0.5, 0.6) is 5.88 Å². The normalized spacial score (nSPS) is 28.1. The Hall–Kier alpha value is -1.56. The van der Waals surface area contributed by atoms with Gasteiger partial charge in [0, 0.05) is 12.6 Å². The molecular weight excluding hydrogens is 376 g/mol. The smallest absolute Gasteiger partial charge is 0.258 e. The summed E-state index contributed by atoms with van der Waals surface area (Å²) >= 11 is 0. The van der Waals surface area contributed by atoms with Crippen LogP contribution in [0.4, 0.5) is 0 Å². The highest BCUT2D eigenvalue weighted by Gasteiger charge is 2.35. The van der Waals surface area contributed by atoms with Crippen molar-refractivity contribution < 1.29 is 9.53 Å². The summed E-state index contributed by atoms with van der Waals surface area (Å²) in [7, 11) is 0. The molecule has 3 fully saturated rings. The van der Waals surface area contributed by atoms with E-state index in [0.29, 0.717) is 43.0 Å². The van der Waals surface area contributed by atoms with Crippen LogP contribution in [0.3, 0.4) is 0 Å². The Balaban J connectivity index is 1.39. The fourth-order valence-corrected chi connectivity index (χ4v) is 6.11. The molecule has 6 heteroatoms. The first-order valence-electron chi connectivity index (χ1n) is 12.3. The van der Waals surface area contributed by atoms with E-state index in [2.05, 4.69) is 17.3 Å². The molecule has 0 aliphatic heterocycles. The van der Waals surface area contributed by atoms with Gasteiger partial charge in [0.05, 0.1) is 19.3 Å². The highest BCUT2D eigenvalue weighted by molar-refractivity contribution is 5.96. The number of ether oxygens (including phenoxy) is 1. The summed E-state index contributed by atoms with van der Waals surface area (Å²) in [5, 5.41) is 7.69.